The zero-order valence-corrected chi connectivity index (χ0v) is 15.6. The van der Waals surface area contributed by atoms with Crippen molar-refractivity contribution in [2.75, 3.05) is 37.7 Å². The fourth-order valence-corrected chi connectivity index (χ4v) is 4.64. The zero-order chi connectivity index (χ0) is 17.9. The molecule has 0 N–H and O–H groups in total. The van der Waals surface area contributed by atoms with Crippen LogP contribution in [0.25, 0.3) is 0 Å². The van der Waals surface area contributed by atoms with Crippen LogP contribution in [0.2, 0.25) is 5.02 Å². The Balaban J connectivity index is 1.73. The van der Waals surface area contributed by atoms with E-state index in [2.05, 4.69) is 4.90 Å². The maximum Gasteiger partial charge on any atom is 0.243 e. The summed E-state index contributed by atoms with van der Waals surface area (Å²) in [6.07, 6.45) is 0. The fourth-order valence-electron chi connectivity index (χ4n) is 2.89. The van der Waals surface area contributed by atoms with Gasteiger partial charge in [0.25, 0.3) is 0 Å². The number of hydrogen-bond donors (Lipinski definition) is 0. The van der Waals surface area contributed by atoms with Crippen LogP contribution in [0, 0.1) is 0 Å². The van der Waals surface area contributed by atoms with Crippen molar-refractivity contribution in [1.82, 2.24) is 4.31 Å². The minimum Gasteiger partial charge on any atom is -0.492 e. The quantitative estimate of drug-likeness (QED) is 0.799. The molecule has 1 fully saturated rings. The van der Waals surface area contributed by atoms with Crippen LogP contribution in [0.3, 0.4) is 0 Å². The van der Waals surface area contributed by atoms with Gasteiger partial charge in [-0.15, -0.1) is 0 Å². The van der Waals surface area contributed by atoms with E-state index in [4.69, 9.17) is 16.3 Å². The maximum absolute atomic E-state index is 12.9. The number of piperazine rings is 1. The number of rotatable bonds is 5. The average molecular weight is 381 g/mol. The van der Waals surface area contributed by atoms with Crippen molar-refractivity contribution in [3.8, 4) is 5.75 Å². The molecule has 0 aliphatic carbocycles. The second-order valence-corrected chi connectivity index (χ2v) is 8.10. The Bertz CT molecular complexity index is 819. The summed E-state index contributed by atoms with van der Waals surface area (Å²) in [5.41, 5.74) is 1.11. The smallest absolute Gasteiger partial charge is 0.243 e. The maximum atomic E-state index is 12.9. The monoisotopic (exact) mass is 380 g/mol. The second kappa shape index (κ2) is 7.64. The number of halogens is 1. The molecule has 0 aromatic heterocycles. The molecule has 5 nitrogen and oxygen atoms in total. The van der Waals surface area contributed by atoms with E-state index in [1.807, 2.05) is 37.3 Å². The van der Waals surface area contributed by atoms with Gasteiger partial charge in [0.2, 0.25) is 10.0 Å². The van der Waals surface area contributed by atoms with Gasteiger partial charge in [-0.3, -0.25) is 0 Å². The SMILES string of the molecule is CCOc1ccc(S(=O)(=O)N2CCN(c3ccccc3)CC2)cc1Cl. The van der Waals surface area contributed by atoms with Crippen LogP contribution in [0.15, 0.2) is 53.4 Å². The van der Waals surface area contributed by atoms with Gasteiger partial charge < -0.3 is 9.64 Å². The molecule has 3 rings (SSSR count). The highest BCUT2D eigenvalue weighted by atomic mass is 35.5. The molecular weight excluding hydrogens is 360 g/mol. The normalized spacial score (nSPS) is 16.0. The molecule has 0 atom stereocenters. The summed E-state index contributed by atoms with van der Waals surface area (Å²) in [7, 11) is -3.56. The molecule has 2 aromatic rings. The fraction of sp³-hybridized carbons (Fsp3) is 0.333. The van der Waals surface area contributed by atoms with E-state index in [-0.39, 0.29) is 4.90 Å². The van der Waals surface area contributed by atoms with Gasteiger partial charge in [-0.2, -0.15) is 4.31 Å². The molecule has 25 heavy (non-hydrogen) atoms. The molecule has 0 spiro atoms. The Hall–Kier alpha value is -1.76. The van der Waals surface area contributed by atoms with Gasteiger partial charge in [0.05, 0.1) is 16.5 Å². The van der Waals surface area contributed by atoms with Crippen molar-refractivity contribution < 1.29 is 13.2 Å². The standard InChI is InChI=1S/C18H21ClN2O3S/c1-2-24-18-9-8-16(14-17(18)19)25(22,23)21-12-10-20(11-13-21)15-6-4-3-5-7-15/h3-9,14H,2,10-13H2,1H3. The Kier molecular flexibility index (Phi) is 5.51. The lowest BCUT2D eigenvalue weighted by atomic mass is 10.2. The Labute approximate surface area is 153 Å². The van der Waals surface area contributed by atoms with Gasteiger partial charge in [0.15, 0.2) is 0 Å². The molecule has 0 bridgehead atoms. The Morgan fingerprint density at radius 3 is 2.32 bits per heavy atom. The number of ether oxygens (including phenoxy) is 1. The van der Waals surface area contributed by atoms with Crippen LogP contribution in [-0.2, 0) is 10.0 Å². The van der Waals surface area contributed by atoms with Crippen LogP contribution in [0.1, 0.15) is 6.92 Å². The number of para-hydroxylation sites is 1. The summed E-state index contributed by atoms with van der Waals surface area (Å²) in [4.78, 5) is 2.39. The molecular formula is C18H21ClN2O3S. The summed E-state index contributed by atoms with van der Waals surface area (Å²) in [5, 5.41) is 0.311. The number of sulfonamides is 1. The van der Waals surface area contributed by atoms with Crippen molar-refractivity contribution in [2.45, 2.75) is 11.8 Å². The summed E-state index contributed by atoms with van der Waals surface area (Å²) in [6, 6.07) is 14.6. The van der Waals surface area contributed by atoms with Crippen LogP contribution >= 0.6 is 11.6 Å². The molecule has 1 aliphatic rings. The number of anilines is 1. The van der Waals surface area contributed by atoms with Crippen LogP contribution in [-0.4, -0.2) is 45.5 Å². The average Bonchev–Trinajstić information content (AvgIpc) is 2.64. The second-order valence-electron chi connectivity index (χ2n) is 5.75. The van der Waals surface area contributed by atoms with E-state index in [1.54, 1.807) is 12.1 Å². The molecule has 7 heteroatoms. The molecule has 0 unspecified atom stereocenters. The highest BCUT2D eigenvalue weighted by molar-refractivity contribution is 7.89. The molecule has 1 aliphatic heterocycles. The number of benzene rings is 2. The first kappa shape index (κ1) is 18.0. The molecule has 134 valence electrons. The summed E-state index contributed by atoms with van der Waals surface area (Å²) in [6.45, 7) is 4.55. The van der Waals surface area contributed by atoms with Crippen LogP contribution in [0.5, 0.6) is 5.75 Å². The molecule has 1 heterocycles. The highest BCUT2D eigenvalue weighted by Gasteiger charge is 2.29. The first-order valence-electron chi connectivity index (χ1n) is 8.25. The summed E-state index contributed by atoms with van der Waals surface area (Å²) in [5.74, 6) is 0.497. The van der Waals surface area contributed by atoms with Crippen LogP contribution < -0.4 is 9.64 Å². The lowest BCUT2D eigenvalue weighted by Crippen LogP contribution is -2.48. The van der Waals surface area contributed by atoms with Gasteiger partial charge in [0.1, 0.15) is 5.75 Å². The van der Waals surface area contributed by atoms with Crippen molar-refractivity contribution in [2.24, 2.45) is 0 Å². The zero-order valence-electron chi connectivity index (χ0n) is 14.1. The van der Waals surface area contributed by atoms with E-state index in [1.165, 1.54) is 10.4 Å². The van der Waals surface area contributed by atoms with Crippen molar-refractivity contribution in [3.63, 3.8) is 0 Å². The lowest BCUT2D eigenvalue weighted by molar-refractivity contribution is 0.340. The minimum absolute atomic E-state index is 0.203. The number of hydrogen-bond acceptors (Lipinski definition) is 4. The first-order valence-corrected chi connectivity index (χ1v) is 10.1. The molecule has 1 saturated heterocycles. The molecule has 0 radical (unpaired) electrons. The van der Waals surface area contributed by atoms with Gasteiger partial charge in [0, 0.05) is 31.9 Å². The predicted octanol–water partition coefficient (Wildman–Crippen LogP) is 3.25. The van der Waals surface area contributed by atoms with E-state index >= 15 is 0 Å². The minimum atomic E-state index is -3.56. The van der Waals surface area contributed by atoms with E-state index in [9.17, 15) is 8.42 Å². The first-order chi connectivity index (χ1) is 12.0. The summed E-state index contributed by atoms with van der Waals surface area (Å²) < 4.78 is 32.6. The van der Waals surface area contributed by atoms with E-state index < -0.39 is 10.0 Å². The third-order valence-corrected chi connectivity index (χ3v) is 6.39. The number of nitrogens with zero attached hydrogens (tertiary/aromatic N) is 2. The third-order valence-electron chi connectivity index (χ3n) is 4.20. The Morgan fingerprint density at radius 1 is 1.04 bits per heavy atom. The van der Waals surface area contributed by atoms with Crippen molar-refractivity contribution >= 4 is 27.3 Å². The van der Waals surface area contributed by atoms with Crippen molar-refractivity contribution in [3.05, 3.63) is 53.6 Å². The van der Waals surface area contributed by atoms with Gasteiger partial charge in [-0.25, -0.2) is 8.42 Å². The van der Waals surface area contributed by atoms with E-state index in [0.717, 1.165) is 5.69 Å². The third kappa shape index (κ3) is 3.92. The summed E-state index contributed by atoms with van der Waals surface area (Å²) >= 11 is 6.14. The molecule has 0 saturated carbocycles. The van der Waals surface area contributed by atoms with Gasteiger partial charge in [-0.05, 0) is 37.3 Å². The van der Waals surface area contributed by atoms with Crippen LogP contribution in [0.4, 0.5) is 5.69 Å². The van der Waals surface area contributed by atoms with E-state index in [0.29, 0.717) is 43.6 Å². The van der Waals surface area contributed by atoms with Gasteiger partial charge in [-0.1, -0.05) is 29.8 Å². The van der Waals surface area contributed by atoms with Gasteiger partial charge >= 0.3 is 0 Å². The lowest BCUT2D eigenvalue weighted by Gasteiger charge is -2.35. The molecule has 2 aromatic carbocycles. The highest BCUT2D eigenvalue weighted by Crippen LogP contribution is 2.29. The predicted molar refractivity (Wildman–Crippen MR) is 100 cm³/mol. The molecule has 0 amide bonds. The Morgan fingerprint density at radius 2 is 1.72 bits per heavy atom. The van der Waals surface area contributed by atoms with Crippen molar-refractivity contribution in [1.29, 1.82) is 0 Å². The largest absolute Gasteiger partial charge is 0.492 e. The topological polar surface area (TPSA) is 49.9 Å².